The average Bonchev–Trinajstić information content (AvgIpc) is 2.88. The van der Waals surface area contributed by atoms with Crippen molar-refractivity contribution >= 4 is 5.95 Å². The lowest BCUT2D eigenvalue weighted by Gasteiger charge is -2.30. The summed E-state index contributed by atoms with van der Waals surface area (Å²) in [7, 11) is 0. The topological polar surface area (TPSA) is 89.7 Å². The Bertz CT molecular complexity index is 618. The minimum absolute atomic E-state index is 0.147. The SMILES string of the molecule is CC1CN(c2n[nH]c(-c3cc[nH]c(=O)c3)n2)CCN1. The number of rotatable bonds is 2. The van der Waals surface area contributed by atoms with Crippen LogP contribution in [0.15, 0.2) is 23.1 Å². The lowest BCUT2D eigenvalue weighted by molar-refractivity contribution is 0.480. The largest absolute Gasteiger partial charge is 0.337 e. The van der Waals surface area contributed by atoms with Gasteiger partial charge in [0.25, 0.3) is 0 Å². The van der Waals surface area contributed by atoms with Gasteiger partial charge in [0, 0.05) is 43.5 Å². The molecule has 0 radical (unpaired) electrons. The summed E-state index contributed by atoms with van der Waals surface area (Å²) in [5, 5.41) is 10.5. The third kappa shape index (κ3) is 2.50. The number of piperazine rings is 1. The van der Waals surface area contributed by atoms with Gasteiger partial charge in [0.1, 0.15) is 0 Å². The van der Waals surface area contributed by atoms with E-state index in [9.17, 15) is 4.79 Å². The molecule has 0 aliphatic carbocycles. The number of hydrogen-bond donors (Lipinski definition) is 3. The molecule has 1 saturated heterocycles. The molecule has 1 aliphatic heterocycles. The number of pyridine rings is 1. The Morgan fingerprint density at radius 2 is 2.37 bits per heavy atom. The molecule has 3 rings (SSSR count). The molecule has 0 aromatic carbocycles. The molecule has 1 aliphatic rings. The first kappa shape index (κ1) is 11.9. The minimum Gasteiger partial charge on any atom is -0.337 e. The summed E-state index contributed by atoms with van der Waals surface area (Å²) in [5.74, 6) is 1.30. The van der Waals surface area contributed by atoms with Gasteiger partial charge in [-0.2, -0.15) is 4.98 Å². The molecule has 1 unspecified atom stereocenters. The van der Waals surface area contributed by atoms with Crippen LogP contribution < -0.4 is 15.8 Å². The van der Waals surface area contributed by atoms with Gasteiger partial charge in [-0.1, -0.05) is 0 Å². The van der Waals surface area contributed by atoms with Gasteiger partial charge in [0.2, 0.25) is 11.5 Å². The van der Waals surface area contributed by atoms with E-state index in [1.54, 1.807) is 12.3 Å². The summed E-state index contributed by atoms with van der Waals surface area (Å²) in [5.41, 5.74) is 0.594. The number of anilines is 1. The van der Waals surface area contributed by atoms with Crippen molar-refractivity contribution in [1.82, 2.24) is 25.5 Å². The zero-order valence-corrected chi connectivity index (χ0v) is 10.7. The van der Waals surface area contributed by atoms with E-state index in [-0.39, 0.29) is 5.56 Å². The van der Waals surface area contributed by atoms with E-state index in [4.69, 9.17) is 0 Å². The van der Waals surface area contributed by atoms with E-state index in [0.717, 1.165) is 25.2 Å². The summed E-state index contributed by atoms with van der Waals surface area (Å²) in [4.78, 5) is 20.5. The molecular formula is C12H16N6O. The Hall–Kier alpha value is -2.15. The molecular weight excluding hydrogens is 244 g/mol. The van der Waals surface area contributed by atoms with Crippen LogP contribution in [0.5, 0.6) is 0 Å². The lowest BCUT2D eigenvalue weighted by Crippen LogP contribution is -2.49. The monoisotopic (exact) mass is 260 g/mol. The second-order valence-electron chi connectivity index (χ2n) is 4.73. The number of hydrogen-bond acceptors (Lipinski definition) is 5. The standard InChI is InChI=1S/C12H16N6O/c1-8-7-18(5-4-13-8)12-15-11(16-17-12)9-2-3-14-10(19)6-9/h2-3,6,8,13H,4-5,7H2,1H3,(H,14,19)(H,15,16,17). The quantitative estimate of drug-likeness (QED) is 0.705. The normalized spacial score (nSPS) is 19.6. The van der Waals surface area contributed by atoms with Crippen molar-refractivity contribution in [2.24, 2.45) is 0 Å². The van der Waals surface area contributed by atoms with Gasteiger partial charge < -0.3 is 15.2 Å². The van der Waals surface area contributed by atoms with Crippen LogP contribution in [0.1, 0.15) is 6.92 Å². The maximum atomic E-state index is 11.3. The molecule has 0 bridgehead atoms. The van der Waals surface area contributed by atoms with Crippen molar-refractivity contribution in [3.8, 4) is 11.4 Å². The summed E-state index contributed by atoms with van der Waals surface area (Å²) < 4.78 is 0. The van der Waals surface area contributed by atoms with Crippen molar-refractivity contribution in [1.29, 1.82) is 0 Å². The molecule has 0 spiro atoms. The number of aromatic amines is 2. The number of nitrogens with one attached hydrogen (secondary N) is 3. The molecule has 2 aromatic heterocycles. The smallest absolute Gasteiger partial charge is 0.248 e. The van der Waals surface area contributed by atoms with Crippen LogP contribution >= 0.6 is 0 Å². The first-order valence-electron chi connectivity index (χ1n) is 6.32. The van der Waals surface area contributed by atoms with Crippen LogP contribution in [-0.2, 0) is 0 Å². The summed E-state index contributed by atoms with van der Waals surface area (Å²) >= 11 is 0. The molecule has 100 valence electrons. The maximum Gasteiger partial charge on any atom is 0.248 e. The maximum absolute atomic E-state index is 11.3. The minimum atomic E-state index is -0.147. The van der Waals surface area contributed by atoms with Gasteiger partial charge in [-0.15, -0.1) is 5.10 Å². The van der Waals surface area contributed by atoms with Crippen LogP contribution in [0.2, 0.25) is 0 Å². The highest BCUT2D eigenvalue weighted by molar-refractivity contribution is 5.55. The first-order valence-corrected chi connectivity index (χ1v) is 6.32. The van der Waals surface area contributed by atoms with E-state index in [2.05, 4.69) is 37.3 Å². The lowest BCUT2D eigenvalue weighted by atomic mass is 10.2. The van der Waals surface area contributed by atoms with Gasteiger partial charge in [-0.3, -0.25) is 9.89 Å². The second kappa shape index (κ2) is 4.85. The van der Waals surface area contributed by atoms with Gasteiger partial charge in [0.15, 0.2) is 5.82 Å². The Labute approximate surface area is 110 Å². The predicted octanol–water partition coefficient (Wildman–Crippen LogP) is -0.0419. The fraction of sp³-hybridized carbons (Fsp3) is 0.417. The highest BCUT2D eigenvalue weighted by Gasteiger charge is 2.19. The van der Waals surface area contributed by atoms with Crippen LogP contribution in [0.4, 0.5) is 5.95 Å². The Kier molecular flexibility index (Phi) is 3.04. The second-order valence-corrected chi connectivity index (χ2v) is 4.73. The summed E-state index contributed by atoms with van der Waals surface area (Å²) in [6.07, 6.45) is 1.60. The molecule has 3 heterocycles. The fourth-order valence-electron chi connectivity index (χ4n) is 2.23. The third-order valence-corrected chi connectivity index (χ3v) is 3.17. The van der Waals surface area contributed by atoms with Crippen LogP contribution in [0.3, 0.4) is 0 Å². The first-order chi connectivity index (χ1) is 9.22. The molecule has 19 heavy (non-hydrogen) atoms. The van der Waals surface area contributed by atoms with Gasteiger partial charge in [0.05, 0.1) is 0 Å². The van der Waals surface area contributed by atoms with Crippen molar-refractivity contribution in [3.63, 3.8) is 0 Å². The average molecular weight is 260 g/mol. The molecule has 3 N–H and O–H groups in total. The number of aromatic nitrogens is 4. The van der Waals surface area contributed by atoms with Crippen LogP contribution in [-0.4, -0.2) is 45.8 Å². The van der Waals surface area contributed by atoms with Crippen molar-refractivity contribution < 1.29 is 0 Å². The van der Waals surface area contributed by atoms with Crippen LogP contribution in [0, 0.1) is 0 Å². The summed E-state index contributed by atoms with van der Waals surface area (Å²) in [6.45, 7) is 4.83. The molecule has 7 nitrogen and oxygen atoms in total. The highest BCUT2D eigenvalue weighted by Crippen LogP contribution is 2.16. The van der Waals surface area contributed by atoms with Gasteiger partial charge in [-0.05, 0) is 13.0 Å². The molecule has 2 aromatic rings. The Balaban J connectivity index is 1.85. The zero-order valence-electron chi connectivity index (χ0n) is 10.7. The molecule has 0 amide bonds. The van der Waals surface area contributed by atoms with Crippen LogP contribution in [0.25, 0.3) is 11.4 Å². The van der Waals surface area contributed by atoms with E-state index in [0.29, 0.717) is 17.8 Å². The van der Waals surface area contributed by atoms with E-state index in [1.807, 2.05) is 0 Å². The van der Waals surface area contributed by atoms with Crippen molar-refractivity contribution in [3.05, 3.63) is 28.7 Å². The third-order valence-electron chi connectivity index (χ3n) is 3.17. The number of H-pyrrole nitrogens is 2. The molecule has 0 saturated carbocycles. The fourth-order valence-corrected chi connectivity index (χ4v) is 2.23. The van der Waals surface area contributed by atoms with Crippen molar-refractivity contribution in [2.45, 2.75) is 13.0 Å². The summed E-state index contributed by atoms with van der Waals surface area (Å²) in [6, 6.07) is 3.73. The zero-order chi connectivity index (χ0) is 13.2. The molecule has 1 atom stereocenters. The molecule has 1 fully saturated rings. The van der Waals surface area contributed by atoms with Gasteiger partial charge in [-0.25, -0.2) is 0 Å². The van der Waals surface area contributed by atoms with E-state index < -0.39 is 0 Å². The van der Waals surface area contributed by atoms with Gasteiger partial charge >= 0.3 is 0 Å². The molecule has 7 heteroatoms. The van der Waals surface area contributed by atoms with E-state index >= 15 is 0 Å². The Morgan fingerprint density at radius 1 is 1.47 bits per heavy atom. The van der Waals surface area contributed by atoms with Crippen molar-refractivity contribution in [2.75, 3.05) is 24.5 Å². The van der Waals surface area contributed by atoms with E-state index in [1.165, 1.54) is 6.07 Å². The predicted molar refractivity (Wildman–Crippen MR) is 72.1 cm³/mol. The number of nitrogens with zero attached hydrogens (tertiary/aromatic N) is 3. The Morgan fingerprint density at radius 3 is 3.16 bits per heavy atom. The highest BCUT2D eigenvalue weighted by atomic mass is 16.1.